The van der Waals surface area contributed by atoms with E-state index in [4.69, 9.17) is 9.84 Å². The Kier molecular flexibility index (Phi) is 6.94. The number of carboxylic acid groups (broad SMARTS) is 1. The Morgan fingerprint density at radius 3 is 2.24 bits per heavy atom. The fraction of sp³-hybridized carbons (Fsp3) is 0.538. The topological polar surface area (TPSA) is 63.6 Å². The molecule has 0 rings (SSSR count). The Morgan fingerprint density at radius 1 is 1.29 bits per heavy atom. The van der Waals surface area contributed by atoms with Gasteiger partial charge in [-0.05, 0) is 12.3 Å². The number of carbonyl (C=O) groups is 2. The van der Waals surface area contributed by atoms with Crippen LogP contribution in [0.3, 0.4) is 0 Å². The molecular formula is C13H20O4. The van der Waals surface area contributed by atoms with Crippen molar-refractivity contribution in [1.82, 2.24) is 0 Å². The van der Waals surface area contributed by atoms with E-state index < -0.39 is 23.8 Å². The van der Waals surface area contributed by atoms with Gasteiger partial charge in [0.05, 0.1) is 11.8 Å². The second-order valence-corrected chi connectivity index (χ2v) is 4.16. The van der Waals surface area contributed by atoms with Crippen molar-refractivity contribution < 1.29 is 19.4 Å². The van der Waals surface area contributed by atoms with Crippen LogP contribution in [0.5, 0.6) is 0 Å². The summed E-state index contributed by atoms with van der Waals surface area (Å²) in [5.74, 6) is -3.04. The molecule has 0 amide bonds. The van der Waals surface area contributed by atoms with Crippen LogP contribution in [-0.4, -0.2) is 23.7 Å². The molecule has 2 atom stereocenters. The molecule has 0 aromatic heterocycles. The summed E-state index contributed by atoms with van der Waals surface area (Å²) in [6.07, 6.45) is 3.22. The van der Waals surface area contributed by atoms with Crippen molar-refractivity contribution in [1.29, 1.82) is 0 Å². The first-order valence-electron chi connectivity index (χ1n) is 5.56. The number of aliphatic carboxylic acids is 1. The molecule has 0 aliphatic rings. The zero-order valence-corrected chi connectivity index (χ0v) is 10.4. The van der Waals surface area contributed by atoms with Gasteiger partial charge in [-0.25, -0.2) is 0 Å². The van der Waals surface area contributed by atoms with Crippen LogP contribution in [0.15, 0.2) is 25.3 Å². The highest BCUT2D eigenvalue weighted by Gasteiger charge is 2.36. The van der Waals surface area contributed by atoms with Crippen LogP contribution in [0.4, 0.5) is 0 Å². The quantitative estimate of drug-likeness (QED) is 0.522. The SMILES string of the molecule is C=CCOC(=O)[C@H](C(C)C)[C@H](CC=C)C(=O)O. The lowest BCUT2D eigenvalue weighted by molar-refractivity contribution is -0.158. The van der Waals surface area contributed by atoms with Gasteiger partial charge in [0.2, 0.25) is 0 Å². The van der Waals surface area contributed by atoms with Gasteiger partial charge in [0.25, 0.3) is 0 Å². The average molecular weight is 240 g/mol. The second-order valence-electron chi connectivity index (χ2n) is 4.16. The number of carboxylic acids is 1. The molecule has 4 heteroatoms. The lowest BCUT2D eigenvalue weighted by Crippen LogP contribution is -2.34. The normalized spacial score (nSPS) is 13.8. The fourth-order valence-electron chi connectivity index (χ4n) is 1.72. The molecule has 0 aromatic carbocycles. The van der Waals surface area contributed by atoms with Crippen molar-refractivity contribution in [2.24, 2.45) is 17.8 Å². The summed E-state index contributed by atoms with van der Waals surface area (Å²) < 4.78 is 4.94. The third-order valence-corrected chi connectivity index (χ3v) is 2.51. The van der Waals surface area contributed by atoms with Crippen molar-refractivity contribution in [3.63, 3.8) is 0 Å². The van der Waals surface area contributed by atoms with E-state index in [1.54, 1.807) is 13.8 Å². The molecule has 0 bridgehead atoms. The molecule has 17 heavy (non-hydrogen) atoms. The van der Waals surface area contributed by atoms with Gasteiger partial charge in [-0.1, -0.05) is 32.6 Å². The summed E-state index contributed by atoms with van der Waals surface area (Å²) in [5.41, 5.74) is 0. The van der Waals surface area contributed by atoms with E-state index in [0.29, 0.717) is 0 Å². The second kappa shape index (κ2) is 7.65. The summed E-state index contributed by atoms with van der Waals surface area (Å²) in [4.78, 5) is 22.9. The zero-order valence-electron chi connectivity index (χ0n) is 10.4. The molecule has 1 N–H and O–H groups in total. The van der Waals surface area contributed by atoms with Gasteiger partial charge >= 0.3 is 11.9 Å². The molecule has 0 unspecified atom stereocenters. The minimum absolute atomic E-state index is 0.0997. The maximum absolute atomic E-state index is 11.8. The van der Waals surface area contributed by atoms with Crippen LogP contribution in [-0.2, 0) is 14.3 Å². The summed E-state index contributed by atoms with van der Waals surface area (Å²) in [6.45, 7) is 10.7. The Bertz CT molecular complexity index is 294. The van der Waals surface area contributed by atoms with Crippen LogP contribution >= 0.6 is 0 Å². The summed E-state index contributed by atoms with van der Waals surface area (Å²) in [6, 6.07) is 0. The number of carbonyl (C=O) groups excluding carboxylic acids is 1. The van der Waals surface area contributed by atoms with Crippen molar-refractivity contribution in [2.75, 3.05) is 6.61 Å². The molecule has 0 saturated heterocycles. The molecule has 0 spiro atoms. The largest absolute Gasteiger partial charge is 0.481 e. The Labute approximate surface area is 102 Å². The van der Waals surface area contributed by atoms with Crippen LogP contribution in [0.2, 0.25) is 0 Å². The molecular weight excluding hydrogens is 220 g/mol. The third-order valence-electron chi connectivity index (χ3n) is 2.51. The third kappa shape index (κ3) is 4.85. The van der Waals surface area contributed by atoms with E-state index in [1.807, 2.05) is 0 Å². The number of rotatable bonds is 8. The van der Waals surface area contributed by atoms with Crippen LogP contribution in [0.1, 0.15) is 20.3 Å². The first-order chi connectivity index (χ1) is 7.95. The standard InChI is InChI=1S/C13H20O4/c1-5-7-10(12(14)15)11(9(3)4)13(16)17-8-6-2/h5-6,9-11H,1-2,7-8H2,3-4H3,(H,14,15)/t10-,11+/m0/s1. The maximum atomic E-state index is 11.8. The molecule has 0 heterocycles. The number of esters is 1. The number of hydrogen-bond donors (Lipinski definition) is 1. The van der Waals surface area contributed by atoms with Crippen molar-refractivity contribution in [2.45, 2.75) is 20.3 Å². The average Bonchev–Trinajstić information content (AvgIpc) is 2.24. The Hall–Kier alpha value is -1.58. The molecule has 4 nitrogen and oxygen atoms in total. The van der Waals surface area contributed by atoms with E-state index in [1.165, 1.54) is 12.2 Å². The van der Waals surface area contributed by atoms with Crippen LogP contribution < -0.4 is 0 Å². The molecule has 0 aliphatic carbocycles. The van der Waals surface area contributed by atoms with Crippen molar-refractivity contribution in [3.05, 3.63) is 25.3 Å². The Balaban J connectivity index is 4.90. The van der Waals surface area contributed by atoms with Crippen LogP contribution in [0, 0.1) is 17.8 Å². The van der Waals surface area contributed by atoms with E-state index in [0.717, 1.165) is 0 Å². The smallest absolute Gasteiger partial charge is 0.310 e. The summed E-state index contributed by atoms with van der Waals surface area (Å²) >= 11 is 0. The maximum Gasteiger partial charge on any atom is 0.310 e. The minimum atomic E-state index is -1.00. The lowest BCUT2D eigenvalue weighted by atomic mass is 9.81. The van der Waals surface area contributed by atoms with Gasteiger partial charge in [0.1, 0.15) is 6.61 Å². The monoisotopic (exact) mass is 240 g/mol. The molecule has 0 fully saturated rings. The number of ether oxygens (including phenoxy) is 1. The van der Waals surface area contributed by atoms with Gasteiger partial charge in [0.15, 0.2) is 0 Å². The predicted octanol–water partition coefficient (Wildman–Crippen LogP) is 2.26. The van der Waals surface area contributed by atoms with Crippen molar-refractivity contribution >= 4 is 11.9 Å². The van der Waals surface area contributed by atoms with Crippen molar-refractivity contribution in [3.8, 4) is 0 Å². The van der Waals surface area contributed by atoms with E-state index in [9.17, 15) is 9.59 Å². The van der Waals surface area contributed by atoms with Gasteiger partial charge in [0, 0.05) is 0 Å². The van der Waals surface area contributed by atoms with Crippen LogP contribution in [0.25, 0.3) is 0 Å². The van der Waals surface area contributed by atoms with E-state index in [-0.39, 0.29) is 18.9 Å². The highest BCUT2D eigenvalue weighted by molar-refractivity contribution is 5.81. The summed E-state index contributed by atoms with van der Waals surface area (Å²) in [5, 5.41) is 9.12. The number of allylic oxidation sites excluding steroid dienone is 1. The van der Waals surface area contributed by atoms with Gasteiger partial charge in [-0.3, -0.25) is 9.59 Å². The Morgan fingerprint density at radius 2 is 1.88 bits per heavy atom. The van der Waals surface area contributed by atoms with Gasteiger partial charge in [-0.15, -0.1) is 6.58 Å². The number of hydrogen-bond acceptors (Lipinski definition) is 3. The zero-order chi connectivity index (χ0) is 13.4. The predicted molar refractivity (Wildman–Crippen MR) is 65.4 cm³/mol. The first kappa shape index (κ1) is 15.4. The molecule has 0 saturated carbocycles. The molecule has 0 aliphatic heterocycles. The fourth-order valence-corrected chi connectivity index (χ4v) is 1.72. The highest BCUT2D eigenvalue weighted by atomic mass is 16.5. The molecule has 0 aromatic rings. The molecule has 0 radical (unpaired) electrons. The molecule has 96 valence electrons. The van der Waals surface area contributed by atoms with Gasteiger partial charge < -0.3 is 9.84 Å². The lowest BCUT2D eigenvalue weighted by Gasteiger charge is -2.24. The minimum Gasteiger partial charge on any atom is -0.481 e. The van der Waals surface area contributed by atoms with E-state index >= 15 is 0 Å². The highest BCUT2D eigenvalue weighted by Crippen LogP contribution is 2.26. The van der Waals surface area contributed by atoms with Gasteiger partial charge in [-0.2, -0.15) is 0 Å². The van der Waals surface area contributed by atoms with E-state index in [2.05, 4.69) is 13.2 Å². The summed E-state index contributed by atoms with van der Waals surface area (Å²) in [7, 11) is 0. The first-order valence-corrected chi connectivity index (χ1v) is 5.56.